The van der Waals surface area contributed by atoms with Crippen molar-refractivity contribution in [3.63, 3.8) is 0 Å². The van der Waals surface area contributed by atoms with Gasteiger partial charge in [0, 0.05) is 30.6 Å². The molecule has 0 aromatic heterocycles. The van der Waals surface area contributed by atoms with Crippen molar-refractivity contribution in [1.29, 1.82) is 0 Å². The topological polar surface area (TPSA) is 139 Å². The summed E-state index contributed by atoms with van der Waals surface area (Å²) < 4.78 is 32.1. The lowest BCUT2D eigenvalue weighted by Gasteiger charge is -2.35. The Labute approximate surface area is 246 Å². The molecule has 3 aromatic rings. The predicted octanol–water partition coefficient (Wildman–Crippen LogP) is 3.92. The maximum atomic E-state index is 14.2. The van der Waals surface area contributed by atoms with Gasteiger partial charge in [0.05, 0.1) is 18.3 Å². The van der Waals surface area contributed by atoms with Gasteiger partial charge in [0.15, 0.2) is 0 Å². The van der Waals surface area contributed by atoms with E-state index in [-0.39, 0.29) is 30.1 Å². The first-order valence-electron chi connectivity index (χ1n) is 13.2. The summed E-state index contributed by atoms with van der Waals surface area (Å²) in [7, 11) is -2.85. The van der Waals surface area contributed by atoms with Crippen LogP contribution in [0.15, 0.2) is 78.9 Å². The number of nitrogens with zero attached hydrogens (tertiary/aromatic N) is 3. The average Bonchev–Trinajstić information content (AvgIpc) is 2.92. The fourth-order valence-electron chi connectivity index (χ4n) is 4.37. The van der Waals surface area contributed by atoms with Crippen molar-refractivity contribution in [1.82, 2.24) is 10.2 Å². The summed E-state index contributed by atoms with van der Waals surface area (Å²) >= 11 is 0. The number of nitro benzene ring substituents is 1. The molecule has 1 unspecified atom stereocenters. The average molecular weight is 597 g/mol. The fraction of sp³-hybridized carbons (Fsp3) is 0.333. The van der Waals surface area contributed by atoms with Crippen LogP contribution in [0.1, 0.15) is 31.9 Å². The molecule has 0 aliphatic heterocycles. The second kappa shape index (κ2) is 13.5. The van der Waals surface area contributed by atoms with E-state index in [2.05, 4.69) is 5.32 Å². The van der Waals surface area contributed by atoms with Crippen LogP contribution in [0.3, 0.4) is 0 Å². The van der Waals surface area contributed by atoms with Crippen LogP contribution < -0.4 is 14.4 Å². The van der Waals surface area contributed by atoms with E-state index in [0.29, 0.717) is 0 Å². The molecule has 0 saturated heterocycles. The van der Waals surface area contributed by atoms with E-state index in [1.54, 1.807) is 24.3 Å². The van der Waals surface area contributed by atoms with E-state index in [0.717, 1.165) is 27.8 Å². The minimum Gasteiger partial charge on any atom is -0.495 e. The zero-order valence-corrected chi connectivity index (χ0v) is 25.1. The summed E-state index contributed by atoms with van der Waals surface area (Å²) in [5.74, 6) is -1.06. The van der Waals surface area contributed by atoms with Crippen molar-refractivity contribution in [2.75, 3.05) is 24.2 Å². The van der Waals surface area contributed by atoms with Crippen LogP contribution in [0, 0.1) is 10.1 Å². The molecule has 0 aliphatic carbocycles. The third kappa shape index (κ3) is 8.77. The first-order chi connectivity index (χ1) is 19.7. The summed E-state index contributed by atoms with van der Waals surface area (Å²) in [5.41, 5.74) is 0.382. The van der Waals surface area contributed by atoms with Gasteiger partial charge >= 0.3 is 0 Å². The third-order valence-corrected chi connectivity index (χ3v) is 7.41. The quantitative estimate of drug-likeness (QED) is 0.247. The minimum absolute atomic E-state index is 0.0123. The number of hydrogen-bond acceptors (Lipinski definition) is 7. The van der Waals surface area contributed by atoms with Gasteiger partial charge in [-0.2, -0.15) is 0 Å². The van der Waals surface area contributed by atoms with E-state index in [1.807, 2.05) is 57.2 Å². The number of nitrogens with one attached hydrogen (secondary N) is 1. The number of nitro groups is 1. The molecule has 11 nitrogen and oxygen atoms in total. The number of sulfonamides is 1. The number of carbonyl (C=O) groups is 2. The van der Waals surface area contributed by atoms with Crippen molar-refractivity contribution in [2.24, 2.45) is 0 Å². The number of non-ortho nitro benzene ring substituents is 1. The number of benzene rings is 3. The highest BCUT2D eigenvalue weighted by Crippen LogP contribution is 2.34. The van der Waals surface area contributed by atoms with Gasteiger partial charge in [-0.3, -0.25) is 24.0 Å². The first-order valence-corrected chi connectivity index (χ1v) is 15.0. The van der Waals surface area contributed by atoms with Gasteiger partial charge in [-0.25, -0.2) is 8.42 Å². The van der Waals surface area contributed by atoms with Gasteiger partial charge in [0.1, 0.15) is 24.0 Å². The second-order valence-electron chi connectivity index (χ2n) is 10.8. The summed E-state index contributed by atoms with van der Waals surface area (Å²) in [6, 6.07) is 20.7. The molecule has 0 heterocycles. The van der Waals surface area contributed by atoms with Crippen LogP contribution in [0.4, 0.5) is 11.4 Å². The molecule has 1 N–H and O–H groups in total. The Hall–Kier alpha value is -4.45. The second-order valence-corrected chi connectivity index (χ2v) is 12.7. The molecule has 12 heteroatoms. The molecule has 224 valence electrons. The largest absolute Gasteiger partial charge is 0.495 e. The number of hydrogen-bond donors (Lipinski definition) is 1. The molecule has 3 rings (SSSR count). The molecule has 0 fully saturated rings. The molecule has 1 atom stereocenters. The van der Waals surface area contributed by atoms with E-state index in [1.165, 1.54) is 24.1 Å². The molecule has 42 heavy (non-hydrogen) atoms. The van der Waals surface area contributed by atoms with Gasteiger partial charge in [-0.05, 0) is 38.0 Å². The van der Waals surface area contributed by atoms with Gasteiger partial charge in [-0.1, -0.05) is 60.7 Å². The smallest absolute Gasteiger partial charge is 0.271 e. The Morgan fingerprint density at radius 3 is 2.05 bits per heavy atom. The summed E-state index contributed by atoms with van der Waals surface area (Å²) in [6.45, 7) is 4.77. The van der Waals surface area contributed by atoms with Gasteiger partial charge in [0.2, 0.25) is 21.8 Å². The van der Waals surface area contributed by atoms with E-state index in [4.69, 9.17) is 4.74 Å². The van der Waals surface area contributed by atoms with E-state index < -0.39 is 44.9 Å². The van der Waals surface area contributed by atoms with Crippen LogP contribution in [0.2, 0.25) is 0 Å². The molecular weight excluding hydrogens is 560 g/mol. The number of methoxy groups -OCH3 is 1. The van der Waals surface area contributed by atoms with Crippen LogP contribution >= 0.6 is 0 Å². The maximum absolute atomic E-state index is 14.2. The Kier molecular flexibility index (Phi) is 10.3. The lowest BCUT2D eigenvalue weighted by atomic mass is 10.0. The summed E-state index contributed by atoms with van der Waals surface area (Å²) in [4.78, 5) is 40.1. The first kappa shape index (κ1) is 32.1. The third-order valence-electron chi connectivity index (χ3n) is 6.29. The van der Waals surface area contributed by atoms with Gasteiger partial charge < -0.3 is 15.0 Å². The van der Waals surface area contributed by atoms with Crippen LogP contribution in [-0.2, 0) is 32.6 Å². The van der Waals surface area contributed by atoms with Crippen LogP contribution in [0.5, 0.6) is 5.75 Å². The van der Waals surface area contributed by atoms with Crippen LogP contribution in [0.25, 0.3) is 0 Å². The Morgan fingerprint density at radius 1 is 0.976 bits per heavy atom. The van der Waals surface area contributed by atoms with Crippen molar-refractivity contribution >= 4 is 33.2 Å². The Morgan fingerprint density at radius 2 is 1.55 bits per heavy atom. The zero-order chi connectivity index (χ0) is 31.1. The predicted molar refractivity (Wildman–Crippen MR) is 161 cm³/mol. The Bertz CT molecular complexity index is 1510. The highest BCUT2D eigenvalue weighted by Gasteiger charge is 2.35. The highest BCUT2D eigenvalue weighted by molar-refractivity contribution is 7.92. The number of rotatable bonds is 12. The molecule has 0 radical (unpaired) electrons. The lowest BCUT2D eigenvalue weighted by molar-refractivity contribution is -0.384. The van der Waals surface area contributed by atoms with E-state index in [9.17, 15) is 28.1 Å². The van der Waals surface area contributed by atoms with Crippen molar-refractivity contribution < 1.29 is 27.7 Å². The number of ether oxygens (including phenoxy) is 1. The number of amides is 2. The minimum atomic E-state index is -4.15. The van der Waals surface area contributed by atoms with Gasteiger partial charge in [-0.15, -0.1) is 0 Å². The molecule has 2 amide bonds. The van der Waals surface area contributed by atoms with Gasteiger partial charge in [0.25, 0.3) is 5.69 Å². The number of anilines is 1. The molecule has 0 bridgehead atoms. The molecule has 0 saturated carbocycles. The molecule has 3 aromatic carbocycles. The standard InChI is InChI=1S/C30H36N4O7S/c1-30(2,3)31-29(36)26(18-22-12-8-6-9-13-22)32(20-23-14-10-7-11-15-23)28(35)21-33(42(5,39)40)25-19-24(34(37)38)16-17-27(25)41-4/h6-17,19,26H,18,20-21H2,1-5H3,(H,31,36). The lowest BCUT2D eigenvalue weighted by Crippen LogP contribution is -2.56. The van der Waals surface area contributed by atoms with E-state index >= 15 is 0 Å². The normalized spacial score (nSPS) is 12.2. The number of carbonyl (C=O) groups excluding carboxylic acids is 2. The Balaban J connectivity index is 2.12. The van der Waals surface area contributed by atoms with Crippen molar-refractivity contribution in [3.05, 3.63) is 100 Å². The SMILES string of the molecule is COc1ccc([N+](=O)[O-])cc1N(CC(=O)N(Cc1ccccc1)C(Cc1ccccc1)C(=O)NC(C)(C)C)S(C)(=O)=O. The monoisotopic (exact) mass is 596 g/mol. The molecule has 0 aliphatic rings. The fourth-order valence-corrected chi connectivity index (χ4v) is 5.21. The highest BCUT2D eigenvalue weighted by atomic mass is 32.2. The molecule has 0 spiro atoms. The summed E-state index contributed by atoms with van der Waals surface area (Å²) in [6.07, 6.45) is 1.06. The molecular formula is C30H36N4O7S. The van der Waals surface area contributed by atoms with Crippen LogP contribution in [-0.4, -0.2) is 61.5 Å². The van der Waals surface area contributed by atoms with Crippen molar-refractivity contribution in [3.8, 4) is 5.75 Å². The summed E-state index contributed by atoms with van der Waals surface area (Å²) in [5, 5.41) is 14.4. The van der Waals surface area contributed by atoms with Crippen molar-refractivity contribution in [2.45, 2.75) is 45.3 Å². The maximum Gasteiger partial charge on any atom is 0.271 e. The zero-order valence-electron chi connectivity index (χ0n) is 24.3.